The van der Waals surface area contributed by atoms with Crippen LogP contribution in [0.2, 0.25) is 0 Å². The smallest absolute Gasteiger partial charge is 0.253 e. The van der Waals surface area contributed by atoms with Crippen molar-refractivity contribution in [1.82, 2.24) is 14.7 Å². The minimum absolute atomic E-state index is 0.0642. The highest BCUT2D eigenvalue weighted by molar-refractivity contribution is 7.89. The third kappa shape index (κ3) is 3.95. The van der Waals surface area contributed by atoms with Crippen molar-refractivity contribution in [3.63, 3.8) is 0 Å². The number of hydrogen-bond acceptors (Lipinski definition) is 5. The van der Waals surface area contributed by atoms with Gasteiger partial charge in [-0.3, -0.25) is 0 Å². The number of piperazine rings is 1. The first-order chi connectivity index (χ1) is 9.79. The SMILES string of the molecule is CN1CCN(NS(=O)(=O)c2ccc(F)c(C(N)=S)c2)CC1. The average Bonchev–Trinajstić information content (AvgIpc) is 2.41. The van der Waals surface area contributed by atoms with Gasteiger partial charge in [0.2, 0.25) is 0 Å². The summed E-state index contributed by atoms with van der Waals surface area (Å²) in [6, 6.07) is 3.39. The molecule has 1 aromatic rings. The lowest BCUT2D eigenvalue weighted by atomic mass is 10.2. The van der Waals surface area contributed by atoms with E-state index in [1.54, 1.807) is 5.01 Å². The zero-order valence-electron chi connectivity index (χ0n) is 11.5. The number of thiocarbonyl (C=S) groups is 1. The van der Waals surface area contributed by atoms with Gasteiger partial charge in [-0.2, -0.15) is 0 Å². The third-order valence-electron chi connectivity index (χ3n) is 3.27. The predicted molar refractivity (Wildman–Crippen MR) is 81.7 cm³/mol. The molecule has 0 spiro atoms. The molecule has 21 heavy (non-hydrogen) atoms. The van der Waals surface area contributed by atoms with Gasteiger partial charge in [-0.25, -0.2) is 17.8 Å². The van der Waals surface area contributed by atoms with Crippen molar-refractivity contribution < 1.29 is 12.8 Å². The van der Waals surface area contributed by atoms with Crippen LogP contribution < -0.4 is 10.6 Å². The zero-order valence-corrected chi connectivity index (χ0v) is 13.2. The number of rotatable bonds is 4. The lowest BCUT2D eigenvalue weighted by Gasteiger charge is -2.32. The van der Waals surface area contributed by atoms with Crippen molar-refractivity contribution in [2.45, 2.75) is 4.90 Å². The predicted octanol–water partition coefficient (Wildman–Crippen LogP) is -0.0994. The van der Waals surface area contributed by atoms with E-state index >= 15 is 0 Å². The number of nitrogens with zero attached hydrogens (tertiary/aromatic N) is 2. The van der Waals surface area contributed by atoms with Crippen LogP contribution in [0.3, 0.4) is 0 Å². The molecular formula is C12H17FN4O2S2. The Hall–Kier alpha value is -1.13. The molecule has 1 aliphatic heterocycles. The normalized spacial score (nSPS) is 17.8. The molecule has 0 radical (unpaired) electrons. The number of likely N-dealkylation sites (N-methyl/N-ethyl adjacent to an activating group) is 1. The Morgan fingerprint density at radius 2 is 1.95 bits per heavy atom. The van der Waals surface area contributed by atoms with E-state index in [0.717, 1.165) is 25.2 Å². The van der Waals surface area contributed by atoms with Gasteiger partial charge in [0.05, 0.1) is 4.90 Å². The minimum atomic E-state index is -3.77. The summed E-state index contributed by atoms with van der Waals surface area (Å²) in [5, 5.41) is 1.62. The Balaban J connectivity index is 2.20. The summed E-state index contributed by atoms with van der Waals surface area (Å²) in [5.41, 5.74) is 5.31. The van der Waals surface area contributed by atoms with E-state index in [1.807, 2.05) is 7.05 Å². The lowest BCUT2D eigenvalue weighted by Crippen LogP contribution is -2.52. The first-order valence-corrected chi connectivity index (χ1v) is 8.24. The molecule has 3 N–H and O–H groups in total. The van der Waals surface area contributed by atoms with Crippen LogP contribution in [0.4, 0.5) is 4.39 Å². The summed E-state index contributed by atoms with van der Waals surface area (Å²) in [6.07, 6.45) is 0. The highest BCUT2D eigenvalue weighted by atomic mass is 32.2. The lowest BCUT2D eigenvalue weighted by molar-refractivity contribution is 0.135. The maximum absolute atomic E-state index is 13.5. The van der Waals surface area contributed by atoms with Crippen LogP contribution >= 0.6 is 12.2 Å². The van der Waals surface area contributed by atoms with E-state index in [4.69, 9.17) is 18.0 Å². The van der Waals surface area contributed by atoms with E-state index in [9.17, 15) is 12.8 Å². The molecule has 2 rings (SSSR count). The van der Waals surface area contributed by atoms with Gasteiger partial charge in [0, 0.05) is 31.7 Å². The van der Waals surface area contributed by atoms with E-state index in [0.29, 0.717) is 13.1 Å². The van der Waals surface area contributed by atoms with Crippen LogP contribution in [0, 0.1) is 5.82 Å². The molecule has 1 aromatic carbocycles. The monoisotopic (exact) mass is 332 g/mol. The van der Waals surface area contributed by atoms with Gasteiger partial charge in [-0.1, -0.05) is 12.2 Å². The summed E-state index contributed by atoms with van der Waals surface area (Å²) >= 11 is 4.71. The maximum atomic E-state index is 13.5. The highest BCUT2D eigenvalue weighted by Gasteiger charge is 2.22. The van der Waals surface area contributed by atoms with Crippen molar-refractivity contribution in [1.29, 1.82) is 0 Å². The molecule has 1 saturated heterocycles. The van der Waals surface area contributed by atoms with Gasteiger partial charge in [-0.15, -0.1) is 4.83 Å². The number of benzene rings is 1. The zero-order chi connectivity index (χ0) is 15.6. The fraction of sp³-hybridized carbons (Fsp3) is 0.417. The number of hydrogen-bond donors (Lipinski definition) is 2. The van der Waals surface area contributed by atoms with Crippen molar-refractivity contribution in [2.75, 3.05) is 33.2 Å². The largest absolute Gasteiger partial charge is 0.389 e. The molecule has 0 amide bonds. The molecule has 0 aromatic heterocycles. The molecule has 0 atom stereocenters. The molecule has 9 heteroatoms. The molecule has 6 nitrogen and oxygen atoms in total. The Labute approximate surface area is 128 Å². The maximum Gasteiger partial charge on any atom is 0.253 e. The molecule has 0 bridgehead atoms. The quantitative estimate of drug-likeness (QED) is 0.750. The van der Waals surface area contributed by atoms with Gasteiger partial charge < -0.3 is 10.6 Å². The Kier molecular flexibility index (Phi) is 4.89. The second-order valence-electron chi connectivity index (χ2n) is 4.89. The standard InChI is InChI=1S/C12H17FN4O2S2/c1-16-4-6-17(7-5-16)15-21(18,19)9-2-3-11(13)10(8-9)12(14)20/h2-3,8,15H,4-7H2,1H3,(H2,14,20). The molecule has 1 fully saturated rings. The van der Waals surface area contributed by atoms with E-state index in [1.165, 1.54) is 6.07 Å². The molecular weight excluding hydrogens is 315 g/mol. The van der Waals surface area contributed by atoms with Gasteiger partial charge in [0.15, 0.2) is 0 Å². The second-order valence-corrected chi connectivity index (χ2v) is 6.99. The van der Waals surface area contributed by atoms with Gasteiger partial charge in [0.25, 0.3) is 10.0 Å². The van der Waals surface area contributed by atoms with Crippen LogP contribution in [0.5, 0.6) is 0 Å². The van der Waals surface area contributed by atoms with Crippen LogP contribution in [0.1, 0.15) is 5.56 Å². The Morgan fingerprint density at radius 1 is 1.33 bits per heavy atom. The van der Waals surface area contributed by atoms with Crippen LogP contribution in [0.15, 0.2) is 23.1 Å². The van der Waals surface area contributed by atoms with Gasteiger partial charge in [-0.05, 0) is 25.2 Å². The number of nitrogens with two attached hydrogens (primary N) is 1. The summed E-state index contributed by atoms with van der Waals surface area (Å²) in [6.45, 7) is 2.70. The van der Waals surface area contributed by atoms with E-state index in [-0.39, 0.29) is 15.4 Å². The van der Waals surface area contributed by atoms with Crippen LogP contribution in [-0.4, -0.2) is 56.5 Å². The van der Waals surface area contributed by atoms with Crippen molar-refractivity contribution in [2.24, 2.45) is 5.73 Å². The van der Waals surface area contributed by atoms with E-state index < -0.39 is 15.8 Å². The second kappa shape index (κ2) is 6.32. The van der Waals surface area contributed by atoms with Crippen molar-refractivity contribution in [3.8, 4) is 0 Å². The number of hydrazine groups is 1. The molecule has 0 unspecified atom stereocenters. The number of sulfonamides is 1. The minimum Gasteiger partial charge on any atom is -0.389 e. The molecule has 0 saturated carbocycles. The summed E-state index contributed by atoms with van der Waals surface area (Å²) in [7, 11) is -1.80. The fourth-order valence-corrected chi connectivity index (χ4v) is 3.29. The third-order valence-corrected chi connectivity index (χ3v) is 4.86. The van der Waals surface area contributed by atoms with Crippen molar-refractivity contribution in [3.05, 3.63) is 29.6 Å². The van der Waals surface area contributed by atoms with Crippen LogP contribution in [-0.2, 0) is 10.0 Å². The Morgan fingerprint density at radius 3 is 2.52 bits per heavy atom. The summed E-state index contributed by atoms with van der Waals surface area (Å²) in [4.78, 5) is 4.35. The van der Waals surface area contributed by atoms with Gasteiger partial charge >= 0.3 is 0 Å². The molecule has 116 valence electrons. The van der Waals surface area contributed by atoms with Crippen LogP contribution in [0.25, 0.3) is 0 Å². The molecule has 1 heterocycles. The summed E-state index contributed by atoms with van der Waals surface area (Å²) in [5.74, 6) is -0.638. The fourth-order valence-electron chi connectivity index (χ4n) is 1.98. The van der Waals surface area contributed by atoms with Crippen molar-refractivity contribution >= 4 is 27.2 Å². The molecule has 0 aliphatic carbocycles. The Bertz CT molecular complexity index is 643. The highest BCUT2D eigenvalue weighted by Crippen LogP contribution is 2.15. The number of nitrogens with one attached hydrogen (secondary N) is 1. The van der Waals surface area contributed by atoms with Gasteiger partial charge in [0.1, 0.15) is 10.8 Å². The average molecular weight is 332 g/mol. The first-order valence-electron chi connectivity index (χ1n) is 6.35. The number of halogens is 1. The topological polar surface area (TPSA) is 78.7 Å². The summed E-state index contributed by atoms with van der Waals surface area (Å²) < 4.78 is 38.1. The van der Waals surface area contributed by atoms with E-state index in [2.05, 4.69) is 9.73 Å². The first kappa shape index (κ1) is 16.2. The molecule has 1 aliphatic rings.